The molecule has 1 aromatic rings. The first kappa shape index (κ1) is 14.4. The number of ether oxygens (including phenoxy) is 1. The molecule has 1 aromatic carbocycles. The van der Waals surface area contributed by atoms with Gasteiger partial charge in [-0.25, -0.2) is 0 Å². The molecule has 1 amide bonds. The normalized spacial score (nSPS) is 23.5. The van der Waals surface area contributed by atoms with E-state index in [9.17, 15) is 4.79 Å². The van der Waals surface area contributed by atoms with Crippen LogP contribution in [0.1, 0.15) is 42.5 Å². The minimum absolute atomic E-state index is 0.0183. The van der Waals surface area contributed by atoms with Crippen molar-refractivity contribution in [3.05, 3.63) is 29.8 Å². The molecule has 19 heavy (non-hydrogen) atoms. The fraction of sp³-hybridized carbons (Fsp3) is 0.533. The average Bonchev–Trinajstić information content (AvgIpc) is 2.64. The summed E-state index contributed by atoms with van der Waals surface area (Å²) in [5.74, 6) is 0.694. The molecule has 1 N–H and O–H groups in total. The Bertz CT molecular complexity index is 436. The predicted octanol–water partition coefficient (Wildman–Crippen LogP) is 3.52. The summed E-state index contributed by atoms with van der Waals surface area (Å²) in [7, 11) is 1.61. The summed E-state index contributed by atoms with van der Waals surface area (Å²) in [4.78, 5) is 12.6. The van der Waals surface area contributed by atoms with E-state index >= 15 is 0 Å². The van der Waals surface area contributed by atoms with Gasteiger partial charge in [-0.15, -0.1) is 0 Å². The molecule has 3 nitrogen and oxygen atoms in total. The lowest BCUT2D eigenvalue weighted by Gasteiger charge is -2.21. The molecule has 2 atom stereocenters. The van der Waals surface area contributed by atoms with Gasteiger partial charge >= 0.3 is 0 Å². The van der Waals surface area contributed by atoms with Gasteiger partial charge in [0.1, 0.15) is 5.75 Å². The van der Waals surface area contributed by atoms with Crippen LogP contribution in [0.15, 0.2) is 24.3 Å². The summed E-state index contributed by atoms with van der Waals surface area (Å²) < 4.78 is 5.15. The average molecular weight is 326 g/mol. The summed E-state index contributed by atoms with van der Waals surface area (Å²) >= 11 is 3.69. The zero-order valence-corrected chi connectivity index (χ0v) is 12.8. The number of nitrogens with one attached hydrogen (secondary N) is 1. The monoisotopic (exact) mass is 325 g/mol. The lowest BCUT2D eigenvalue weighted by atomic mass is 10.1. The minimum Gasteiger partial charge on any atom is -0.497 e. The van der Waals surface area contributed by atoms with Crippen LogP contribution in [0, 0.1) is 0 Å². The van der Waals surface area contributed by atoms with Gasteiger partial charge in [-0.05, 0) is 31.0 Å². The molecule has 1 saturated carbocycles. The van der Waals surface area contributed by atoms with E-state index in [0.29, 0.717) is 16.1 Å². The molecular formula is C15H20BrNO2. The van der Waals surface area contributed by atoms with Crippen molar-refractivity contribution in [2.75, 3.05) is 7.11 Å². The van der Waals surface area contributed by atoms with Gasteiger partial charge in [0.2, 0.25) is 0 Å². The van der Waals surface area contributed by atoms with Crippen molar-refractivity contribution >= 4 is 21.8 Å². The van der Waals surface area contributed by atoms with Crippen LogP contribution >= 0.6 is 15.9 Å². The second-order valence-electron chi connectivity index (χ2n) is 4.97. The molecule has 2 rings (SSSR count). The summed E-state index contributed by atoms with van der Waals surface area (Å²) in [6.45, 7) is 0. The SMILES string of the molecule is COc1cccc(C(=O)NC2CCCCCC2Br)c1. The minimum atomic E-state index is -0.0183. The van der Waals surface area contributed by atoms with Crippen molar-refractivity contribution in [3.63, 3.8) is 0 Å². The third-order valence-electron chi connectivity index (χ3n) is 3.58. The Morgan fingerprint density at radius 1 is 1.32 bits per heavy atom. The van der Waals surface area contributed by atoms with Gasteiger partial charge in [0, 0.05) is 16.4 Å². The van der Waals surface area contributed by atoms with Gasteiger partial charge in [-0.3, -0.25) is 4.79 Å². The van der Waals surface area contributed by atoms with Gasteiger partial charge < -0.3 is 10.1 Å². The first-order chi connectivity index (χ1) is 9.20. The number of carbonyl (C=O) groups excluding carboxylic acids is 1. The van der Waals surface area contributed by atoms with Crippen LogP contribution in [0.2, 0.25) is 0 Å². The highest BCUT2D eigenvalue weighted by Crippen LogP contribution is 2.24. The van der Waals surface area contributed by atoms with Crippen molar-refractivity contribution in [2.45, 2.75) is 43.0 Å². The highest BCUT2D eigenvalue weighted by Gasteiger charge is 2.23. The van der Waals surface area contributed by atoms with Crippen molar-refractivity contribution in [1.82, 2.24) is 5.32 Å². The van der Waals surface area contributed by atoms with E-state index in [-0.39, 0.29) is 11.9 Å². The molecule has 4 heteroatoms. The molecule has 0 aliphatic heterocycles. The summed E-state index contributed by atoms with van der Waals surface area (Å²) in [5.41, 5.74) is 0.656. The van der Waals surface area contributed by atoms with Gasteiger partial charge in [0.15, 0.2) is 0 Å². The van der Waals surface area contributed by atoms with Crippen LogP contribution < -0.4 is 10.1 Å². The van der Waals surface area contributed by atoms with Crippen LogP contribution in [0.4, 0.5) is 0 Å². The molecular weight excluding hydrogens is 306 g/mol. The molecule has 0 spiro atoms. The molecule has 0 aromatic heterocycles. The Labute approximate surface area is 122 Å². The number of hydrogen-bond acceptors (Lipinski definition) is 2. The Morgan fingerprint density at radius 2 is 2.11 bits per heavy atom. The van der Waals surface area contributed by atoms with Crippen LogP contribution in [-0.2, 0) is 0 Å². The second kappa shape index (κ2) is 6.94. The fourth-order valence-corrected chi connectivity index (χ4v) is 3.16. The van der Waals surface area contributed by atoms with E-state index in [4.69, 9.17) is 4.74 Å². The quantitative estimate of drug-likeness (QED) is 0.682. The lowest BCUT2D eigenvalue weighted by molar-refractivity contribution is 0.0934. The maximum Gasteiger partial charge on any atom is 0.251 e. The number of amides is 1. The Balaban J connectivity index is 2.02. The standard InChI is InChI=1S/C15H20BrNO2/c1-19-12-7-5-6-11(10-12)15(18)17-14-9-4-2-3-8-13(14)16/h5-7,10,13-14H,2-4,8-9H2,1H3,(H,17,18). The summed E-state index contributed by atoms with van der Waals surface area (Å²) in [5, 5.41) is 3.13. The first-order valence-corrected chi connectivity index (χ1v) is 7.71. The molecule has 0 saturated heterocycles. The second-order valence-corrected chi connectivity index (χ2v) is 6.14. The van der Waals surface area contributed by atoms with E-state index in [1.54, 1.807) is 13.2 Å². The Morgan fingerprint density at radius 3 is 2.89 bits per heavy atom. The molecule has 0 radical (unpaired) electrons. The molecule has 1 fully saturated rings. The van der Waals surface area contributed by atoms with E-state index in [1.807, 2.05) is 18.2 Å². The third kappa shape index (κ3) is 3.96. The Hall–Kier alpha value is -1.03. The number of alkyl halides is 1. The van der Waals surface area contributed by atoms with Gasteiger partial charge in [-0.1, -0.05) is 41.3 Å². The first-order valence-electron chi connectivity index (χ1n) is 6.79. The maximum absolute atomic E-state index is 12.3. The molecule has 0 bridgehead atoms. The van der Waals surface area contributed by atoms with Gasteiger partial charge in [0.25, 0.3) is 5.91 Å². The lowest BCUT2D eigenvalue weighted by Crippen LogP contribution is -2.40. The van der Waals surface area contributed by atoms with Crippen LogP contribution in [0.25, 0.3) is 0 Å². The topological polar surface area (TPSA) is 38.3 Å². The van der Waals surface area contributed by atoms with E-state index < -0.39 is 0 Å². The number of benzene rings is 1. The molecule has 2 unspecified atom stereocenters. The largest absolute Gasteiger partial charge is 0.497 e. The highest BCUT2D eigenvalue weighted by atomic mass is 79.9. The smallest absolute Gasteiger partial charge is 0.251 e. The maximum atomic E-state index is 12.3. The Kier molecular flexibility index (Phi) is 5.25. The number of carbonyl (C=O) groups is 1. The van der Waals surface area contributed by atoms with Crippen molar-refractivity contribution in [1.29, 1.82) is 0 Å². The molecule has 104 valence electrons. The number of halogens is 1. The van der Waals surface area contributed by atoms with Gasteiger partial charge in [0.05, 0.1) is 7.11 Å². The zero-order valence-electron chi connectivity index (χ0n) is 11.2. The number of hydrogen-bond donors (Lipinski definition) is 1. The van der Waals surface area contributed by atoms with Gasteiger partial charge in [-0.2, -0.15) is 0 Å². The number of methoxy groups -OCH3 is 1. The highest BCUT2D eigenvalue weighted by molar-refractivity contribution is 9.09. The summed E-state index contributed by atoms with van der Waals surface area (Å²) in [6.07, 6.45) is 5.86. The van der Waals surface area contributed by atoms with Crippen molar-refractivity contribution in [3.8, 4) is 5.75 Å². The fourth-order valence-electron chi connectivity index (χ4n) is 2.44. The van der Waals surface area contributed by atoms with Crippen LogP contribution in [0.5, 0.6) is 5.75 Å². The molecule has 1 aliphatic carbocycles. The van der Waals surface area contributed by atoms with Crippen molar-refractivity contribution < 1.29 is 9.53 Å². The van der Waals surface area contributed by atoms with E-state index in [2.05, 4.69) is 21.2 Å². The third-order valence-corrected chi connectivity index (χ3v) is 4.68. The number of rotatable bonds is 3. The van der Waals surface area contributed by atoms with E-state index in [0.717, 1.165) is 12.8 Å². The zero-order chi connectivity index (χ0) is 13.7. The molecule has 0 heterocycles. The van der Waals surface area contributed by atoms with Crippen LogP contribution in [0.3, 0.4) is 0 Å². The molecule has 1 aliphatic rings. The van der Waals surface area contributed by atoms with Crippen LogP contribution in [-0.4, -0.2) is 23.9 Å². The summed E-state index contributed by atoms with van der Waals surface area (Å²) in [6, 6.07) is 7.50. The van der Waals surface area contributed by atoms with E-state index in [1.165, 1.54) is 19.3 Å². The van der Waals surface area contributed by atoms with Crippen molar-refractivity contribution in [2.24, 2.45) is 0 Å². The predicted molar refractivity (Wildman–Crippen MR) is 80.0 cm³/mol.